The first-order valence-electron chi connectivity index (χ1n) is 6.75. The first-order chi connectivity index (χ1) is 10.2. The minimum atomic E-state index is 0.661. The molecule has 0 saturated heterocycles. The van der Waals surface area contributed by atoms with Crippen LogP contribution in [0.5, 0.6) is 0 Å². The molecule has 0 atom stereocenters. The summed E-state index contributed by atoms with van der Waals surface area (Å²) < 4.78 is 5.05. The summed E-state index contributed by atoms with van der Waals surface area (Å²) in [5.74, 6) is 0.783. The second kappa shape index (κ2) is 8.86. The van der Waals surface area contributed by atoms with Gasteiger partial charge < -0.3 is 10.1 Å². The van der Waals surface area contributed by atoms with Crippen LogP contribution in [0.15, 0.2) is 23.2 Å². The van der Waals surface area contributed by atoms with Crippen molar-refractivity contribution in [1.29, 1.82) is 0 Å². The molecule has 0 spiro atoms. The zero-order valence-corrected chi connectivity index (χ0v) is 14.3. The largest absolute Gasteiger partial charge is 0.385 e. The Hall–Kier alpha value is -0.460. The van der Waals surface area contributed by atoms with Crippen LogP contribution in [0, 0.1) is 0 Å². The second-order valence-electron chi connectivity index (χ2n) is 4.70. The minimum absolute atomic E-state index is 0.661. The highest BCUT2D eigenvalue weighted by Gasteiger charge is 2.12. The van der Waals surface area contributed by atoms with Crippen LogP contribution in [-0.4, -0.2) is 43.7 Å². The van der Waals surface area contributed by atoms with Crippen molar-refractivity contribution in [3.63, 3.8) is 0 Å². The van der Waals surface area contributed by atoms with Gasteiger partial charge in [0.15, 0.2) is 5.17 Å². The number of aliphatic imine (C=N–C) groups is 1. The highest BCUT2D eigenvalue weighted by atomic mass is 35.5. The topological polar surface area (TPSA) is 36.9 Å². The van der Waals surface area contributed by atoms with E-state index in [2.05, 4.69) is 15.2 Å². The highest BCUT2D eigenvalue weighted by molar-refractivity contribution is 8.13. The summed E-state index contributed by atoms with van der Waals surface area (Å²) in [7, 11) is 1.73. The number of benzene rings is 1. The lowest BCUT2D eigenvalue weighted by Crippen LogP contribution is -2.42. The van der Waals surface area contributed by atoms with Crippen molar-refractivity contribution in [2.45, 2.75) is 12.2 Å². The number of nitrogens with one attached hydrogen (secondary N) is 1. The lowest BCUT2D eigenvalue weighted by atomic mass is 10.2. The molecule has 1 aromatic rings. The van der Waals surface area contributed by atoms with Crippen LogP contribution in [0.4, 0.5) is 0 Å². The smallest absolute Gasteiger partial charge is 0.159 e. The quantitative estimate of drug-likeness (QED) is 0.799. The van der Waals surface area contributed by atoms with Gasteiger partial charge in [0.25, 0.3) is 0 Å². The Bertz CT molecular complexity index is 499. The van der Waals surface area contributed by atoms with E-state index in [9.17, 15) is 0 Å². The Morgan fingerprint density at radius 2 is 2.29 bits per heavy atom. The van der Waals surface area contributed by atoms with Gasteiger partial charge in [-0.25, -0.2) is 4.99 Å². The molecule has 0 unspecified atom stereocenters. The van der Waals surface area contributed by atoms with E-state index < -0.39 is 0 Å². The average molecular weight is 348 g/mol. The monoisotopic (exact) mass is 347 g/mol. The first-order valence-corrected chi connectivity index (χ1v) is 8.49. The third-order valence-electron chi connectivity index (χ3n) is 3.07. The first kappa shape index (κ1) is 16.9. The number of thioether (sulfide) groups is 1. The molecule has 0 fully saturated rings. The number of hydrogen-bond acceptors (Lipinski definition) is 5. The standard InChI is InChI=1S/C14H19Cl2N3OS/c1-20-6-2-5-19-9-17-14(18-10-19)21-8-11-3-4-12(15)7-13(11)16/h3-4,7H,2,5-6,8-10H2,1H3,(H,17,18). The van der Waals surface area contributed by atoms with Crippen molar-refractivity contribution in [3.05, 3.63) is 33.8 Å². The zero-order chi connectivity index (χ0) is 15.1. The van der Waals surface area contributed by atoms with Crippen LogP contribution in [-0.2, 0) is 10.5 Å². The van der Waals surface area contributed by atoms with E-state index in [1.165, 1.54) is 0 Å². The molecule has 2 rings (SSSR count). The minimum Gasteiger partial charge on any atom is -0.385 e. The van der Waals surface area contributed by atoms with E-state index >= 15 is 0 Å². The number of halogens is 2. The van der Waals surface area contributed by atoms with Crippen LogP contribution in [0.25, 0.3) is 0 Å². The fraction of sp³-hybridized carbons (Fsp3) is 0.500. The molecule has 1 N–H and O–H groups in total. The molecule has 0 saturated carbocycles. The van der Waals surface area contributed by atoms with Crippen molar-refractivity contribution in [2.24, 2.45) is 4.99 Å². The summed E-state index contributed by atoms with van der Waals surface area (Å²) >= 11 is 13.7. The maximum atomic E-state index is 6.16. The summed E-state index contributed by atoms with van der Waals surface area (Å²) in [5.41, 5.74) is 1.07. The third-order valence-corrected chi connectivity index (χ3v) is 4.66. The molecule has 0 aliphatic carbocycles. The van der Waals surface area contributed by atoms with Gasteiger partial charge in [0.05, 0.1) is 13.3 Å². The lowest BCUT2D eigenvalue weighted by molar-refractivity contribution is 0.170. The predicted molar refractivity (Wildman–Crippen MR) is 91.3 cm³/mol. The summed E-state index contributed by atoms with van der Waals surface area (Å²) in [4.78, 5) is 6.78. The Balaban J connectivity index is 1.77. The van der Waals surface area contributed by atoms with E-state index in [0.717, 1.165) is 49.4 Å². The molecule has 0 radical (unpaired) electrons. The Morgan fingerprint density at radius 1 is 1.43 bits per heavy atom. The van der Waals surface area contributed by atoms with Gasteiger partial charge in [-0.15, -0.1) is 0 Å². The number of hydrogen-bond donors (Lipinski definition) is 1. The van der Waals surface area contributed by atoms with E-state index in [4.69, 9.17) is 27.9 Å². The molecule has 0 amide bonds. The van der Waals surface area contributed by atoms with Crippen LogP contribution in [0.2, 0.25) is 10.0 Å². The maximum Gasteiger partial charge on any atom is 0.159 e. The van der Waals surface area contributed by atoms with Gasteiger partial charge in [-0.1, -0.05) is 41.0 Å². The number of ether oxygens (including phenoxy) is 1. The normalized spacial score (nSPS) is 15.7. The summed E-state index contributed by atoms with van der Waals surface area (Å²) in [6, 6.07) is 5.59. The molecule has 21 heavy (non-hydrogen) atoms. The Morgan fingerprint density at radius 3 is 2.95 bits per heavy atom. The van der Waals surface area contributed by atoms with Crippen molar-refractivity contribution in [1.82, 2.24) is 10.2 Å². The molecule has 0 aromatic heterocycles. The maximum absolute atomic E-state index is 6.16. The van der Waals surface area contributed by atoms with Crippen LogP contribution in [0.1, 0.15) is 12.0 Å². The molecule has 1 heterocycles. The fourth-order valence-corrected chi connectivity index (χ4v) is 3.33. The summed E-state index contributed by atoms with van der Waals surface area (Å²) in [6.45, 7) is 3.33. The van der Waals surface area contributed by atoms with E-state index in [-0.39, 0.29) is 0 Å². The summed E-state index contributed by atoms with van der Waals surface area (Å²) in [5, 5.41) is 5.65. The molecular formula is C14H19Cl2N3OS. The fourth-order valence-electron chi connectivity index (χ4n) is 1.91. The number of amidine groups is 1. The SMILES string of the molecule is COCCCN1CN=C(SCc2ccc(Cl)cc2Cl)NC1. The number of rotatable bonds is 6. The van der Waals surface area contributed by atoms with E-state index in [0.29, 0.717) is 10.0 Å². The molecular weight excluding hydrogens is 329 g/mol. The van der Waals surface area contributed by atoms with Crippen molar-refractivity contribution in [3.8, 4) is 0 Å². The van der Waals surface area contributed by atoms with E-state index in [1.807, 2.05) is 12.1 Å². The molecule has 1 aromatic carbocycles. The highest BCUT2D eigenvalue weighted by Crippen LogP contribution is 2.25. The van der Waals surface area contributed by atoms with Gasteiger partial charge >= 0.3 is 0 Å². The van der Waals surface area contributed by atoms with Crippen LogP contribution < -0.4 is 5.32 Å². The van der Waals surface area contributed by atoms with Crippen molar-refractivity contribution >= 4 is 40.1 Å². The number of methoxy groups -OCH3 is 1. The van der Waals surface area contributed by atoms with Gasteiger partial charge in [0.2, 0.25) is 0 Å². The average Bonchev–Trinajstić information content (AvgIpc) is 2.48. The second-order valence-corrected chi connectivity index (χ2v) is 6.51. The van der Waals surface area contributed by atoms with Gasteiger partial charge in [0.1, 0.15) is 0 Å². The van der Waals surface area contributed by atoms with Crippen LogP contribution in [0.3, 0.4) is 0 Å². The van der Waals surface area contributed by atoms with Crippen LogP contribution >= 0.6 is 35.0 Å². The molecule has 116 valence electrons. The summed E-state index contributed by atoms with van der Waals surface area (Å²) in [6.07, 6.45) is 1.02. The molecule has 0 bridgehead atoms. The molecule has 7 heteroatoms. The molecule has 1 aliphatic rings. The molecule has 1 aliphatic heterocycles. The number of nitrogens with zero attached hydrogens (tertiary/aromatic N) is 2. The van der Waals surface area contributed by atoms with Gasteiger partial charge in [0, 0.05) is 36.1 Å². The van der Waals surface area contributed by atoms with Gasteiger partial charge in [-0.3, -0.25) is 4.90 Å². The van der Waals surface area contributed by atoms with Gasteiger partial charge in [-0.2, -0.15) is 0 Å². The van der Waals surface area contributed by atoms with Crippen molar-refractivity contribution in [2.75, 3.05) is 33.6 Å². The molecule has 4 nitrogen and oxygen atoms in total. The zero-order valence-electron chi connectivity index (χ0n) is 11.9. The van der Waals surface area contributed by atoms with E-state index in [1.54, 1.807) is 24.9 Å². The third kappa shape index (κ3) is 5.68. The Kier molecular flexibility index (Phi) is 7.13. The predicted octanol–water partition coefficient (Wildman–Crippen LogP) is 3.44. The van der Waals surface area contributed by atoms with Crippen molar-refractivity contribution < 1.29 is 4.74 Å². The van der Waals surface area contributed by atoms with Gasteiger partial charge in [-0.05, 0) is 24.1 Å². The lowest BCUT2D eigenvalue weighted by Gasteiger charge is -2.26. The Labute approximate surface area is 139 Å².